The lowest BCUT2D eigenvalue weighted by Crippen LogP contribution is -2.56. The second-order valence-corrected chi connectivity index (χ2v) is 6.87. The normalized spacial score (nSPS) is 22.6. The quantitative estimate of drug-likeness (QED) is 0.783. The molecule has 0 aromatic rings. The summed E-state index contributed by atoms with van der Waals surface area (Å²) in [4.78, 5) is 24.8. The van der Waals surface area contributed by atoms with E-state index in [4.69, 9.17) is 9.84 Å². The molecule has 116 valence electrons. The summed E-state index contributed by atoms with van der Waals surface area (Å²) in [5.74, 6) is -0.996. The van der Waals surface area contributed by atoms with Gasteiger partial charge in [-0.05, 0) is 19.3 Å². The van der Waals surface area contributed by atoms with Crippen LogP contribution in [0.1, 0.15) is 40.5 Å². The lowest BCUT2D eigenvalue weighted by Gasteiger charge is -2.43. The summed E-state index contributed by atoms with van der Waals surface area (Å²) in [6, 6.07) is 0. The second-order valence-electron chi connectivity index (χ2n) is 6.87. The average molecular weight is 287 g/mol. The number of carbonyl (C=O) groups excluding carboxylic acids is 1. The zero-order valence-electron chi connectivity index (χ0n) is 12.7. The van der Waals surface area contributed by atoms with E-state index in [9.17, 15) is 14.7 Å². The van der Waals surface area contributed by atoms with Gasteiger partial charge in [0.05, 0.1) is 24.7 Å². The minimum atomic E-state index is -0.904. The van der Waals surface area contributed by atoms with E-state index in [-0.39, 0.29) is 31.5 Å². The van der Waals surface area contributed by atoms with Crippen LogP contribution in [0.15, 0.2) is 0 Å². The molecule has 6 heteroatoms. The summed E-state index contributed by atoms with van der Waals surface area (Å²) < 4.78 is 5.66. The van der Waals surface area contributed by atoms with Gasteiger partial charge >= 0.3 is 5.97 Å². The number of carboxylic acids is 1. The third-order valence-corrected chi connectivity index (χ3v) is 3.30. The number of hydrogen-bond acceptors (Lipinski definition) is 4. The zero-order valence-corrected chi connectivity index (χ0v) is 12.7. The number of ether oxygens (including phenoxy) is 1. The van der Waals surface area contributed by atoms with Crippen LogP contribution in [0.25, 0.3) is 0 Å². The summed E-state index contributed by atoms with van der Waals surface area (Å²) in [7, 11) is 0. The van der Waals surface area contributed by atoms with Gasteiger partial charge in [-0.15, -0.1) is 0 Å². The van der Waals surface area contributed by atoms with Crippen LogP contribution < -0.4 is 0 Å². The molecule has 2 N–H and O–H groups in total. The number of carboxylic acid groups (broad SMARTS) is 1. The van der Waals surface area contributed by atoms with Gasteiger partial charge in [-0.25, -0.2) is 0 Å². The smallest absolute Gasteiger partial charge is 0.303 e. The van der Waals surface area contributed by atoms with Crippen LogP contribution in [-0.2, 0) is 14.3 Å². The number of morpholine rings is 1. The van der Waals surface area contributed by atoms with Crippen molar-refractivity contribution in [1.82, 2.24) is 4.90 Å². The first-order chi connectivity index (χ1) is 9.04. The Labute approximate surface area is 119 Å². The molecule has 0 aromatic carbocycles. The molecule has 1 saturated heterocycles. The van der Waals surface area contributed by atoms with Crippen LogP contribution in [0.4, 0.5) is 0 Å². The highest BCUT2D eigenvalue weighted by Gasteiger charge is 2.37. The topological polar surface area (TPSA) is 87.1 Å². The highest BCUT2D eigenvalue weighted by molar-refractivity contribution is 5.78. The highest BCUT2D eigenvalue weighted by atomic mass is 16.5. The molecule has 1 atom stereocenters. The van der Waals surface area contributed by atoms with Crippen molar-refractivity contribution in [3.05, 3.63) is 0 Å². The Balaban J connectivity index is 2.69. The van der Waals surface area contributed by atoms with Gasteiger partial charge in [0, 0.05) is 19.5 Å². The van der Waals surface area contributed by atoms with Gasteiger partial charge in [0.2, 0.25) is 5.91 Å². The summed E-state index contributed by atoms with van der Waals surface area (Å²) in [6.45, 7) is 7.95. The number of carbonyl (C=O) groups is 2. The van der Waals surface area contributed by atoms with E-state index in [0.29, 0.717) is 13.1 Å². The summed E-state index contributed by atoms with van der Waals surface area (Å²) in [6.07, 6.45) is -0.256. The van der Waals surface area contributed by atoms with E-state index in [1.54, 1.807) is 18.7 Å². The van der Waals surface area contributed by atoms with Crippen molar-refractivity contribution in [2.75, 3.05) is 19.7 Å². The number of aliphatic carboxylic acids is 1. The Hall–Kier alpha value is -1.14. The largest absolute Gasteiger partial charge is 0.481 e. The molecule has 0 bridgehead atoms. The van der Waals surface area contributed by atoms with E-state index in [1.165, 1.54) is 0 Å². The SMILES string of the molecule is CC(C)(CC(=O)O)CC(=O)N1CC(CO)OC(C)(C)C1. The summed E-state index contributed by atoms with van der Waals surface area (Å²) in [5.41, 5.74) is -1.08. The molecule has 20 heavy (non-hydrogen) atoms. The van der Waals surface area contributed by atoms with Crippen molar-refractivity contribution in [3.8, 4) is 0 Å². The number of rotatable bonds is 5. The van der Waals surface area contributed by atoms with Gasteiger partial charge in [-0.2, -0.15) is 0 Å². The highest BCUT2D eigenvalue weighted by Crippen LogP contribution is 2.28. The first-order valence-corrected chi connectivity index (χ1v) is 6.83. The Morgan fingerprint density at radius 3 is 2.45 bits per heavy atom. The number of aliphatic hydroxyl groups excluding tert-OH is 1. The number of aliphatic hydroxyl groups is 1. The molecule has 0 aliphatic carbocycles. The fourth-order valence-corrected chi connectivity index (χ4v) is 2.57. The van der Waals surface area contributed by atoms with E-state index in [2.05, 4.69) is 0 Å². The molecule has 1 aliphatic heterocycles. The van der Waals surface area contributed by atoms with Gasteiger partial charge in [0.1, 0.15) is 0 Å². The minimum Gasteiger partial charge on any atom is -0.481 e. The van der Waals surface area contributed by atoms with Crippen LogP contribution in [0.2, 0.25) is 0 Å². The van der Waals surface area contributed by atoms with Crippen LogP contribution in [0, 0.1) is 5.41 Å². The van der Waals surface area contributed by atoms with E-state index >= 15 is 0 Å². The number of hydrogen-bond donors (Lipinski definition) is 2. The summed E-state index contributed by atoms with van der Waals surface area (Å²) >= 11 is 0. The monoisotopic (exact) mass is 287 g/mol. The fraction of sp³-hybridized carbons (Fsp3) is 0.857. The fourth-order valence-electron chi connectivity index (χ4n) is 2.57. The van der Waals surface area contributed by atoms with Crippen LogP contribution in [0.5, 0.6) is 0 Å². The van der Waals surface area contributed by atoms with Crippen molar-refractivity contribution in [2.45, 2.75) is 52.2 Å². The molecule has 1 aliphatic rings. The predicted molar refractivity (Wildman–Crippen MR) is 73.3 cm³/mol. The van der Waals surface area contributed by atoms with Gasteiger partial charge in [0.15, 0.2) is 0 Å². The maximum Gasteiger partial charge on any atom is 0.303 e. The van der Waals surface area contributed by atoms with Crippen molar-refractivity contribution < 1.29 is 24.5 Å². The van der Waals surface area contributed by atoms with Gasteiger partial charge in [-0.1, -0.05) is 13.8 Å². The van der Waals surface area contributed by atoms with E-state index < -0.39 is 17.0 Å². The van der Waals surface area contributed by atoms with E-state index in [1.807, 2.05) is 13.8 Å². The Kier molecular flexibility index (Phi) is 5.15. The molecule has 0 saturated carbocycles. The van der Waals surface area contributed by atoms with Crippen LogP contribution in [-0.4, -0.2) is 58.4 Å². The maximum absolute atomic E-state index is 12.3. The molecule has 1 amide bonds. The molecule has 1 unspecified atom stereocenters. The first-order valence-electron chi connectivity index (χ1n) is 6.83. The third-order valence-electron chi connectivity index (χ3n) is 3.30. The van der Waals surface area contributed by atoms with Crippen LogP contribution in [0.3, 0.4) is 0 Å². The molecular formula is C14H25NO5. The number of nitrogens with zero attached hydrogens (tertiary/aromatic N) is 1. The Morgan fingerprint density at radius 1 is 1.35 bits per heavy atom. The molecule has 6 nitrogen and oxygen atoms in total. The molecule has 1 fully saturated rings. The lowest BCUT2D eigenvalue weighted by molar-refractivity contribution is -0.168. The van der Waals surface area contributed by atoms with Gasteiger partial charge in [0.25, 0.3) is 0 Å². The van der Waals surface area contributed by atoms with Crippen molar-refractivity contribution >= 4 is 11.9 Å². The third kappa shape index (κ3) is 5.09. The molecule has 1 rings (SSSR count). The molecule has 0 radical (unpaired) electrons. The van der Waals surface area contributed by atoms with E-state index in [0.717, 1.165) is 0 Å². The van der Waals surface area contributed by atoms with Crippen molar-refractivity contribution in [2.24, 2.45) is 5.41 Å². The Bertz CT molecular complexity index is 378. The van der Waals surface area contributed by atoms with Crippen molar-refractivity contribution in [1.29, 1.82) is 0 Å². The minimum absolute atomic E-state index is 0.0457. The molecule has 0 aromatic heterocycles. The van der Waals surface area contributed by atoms with Gasteiger partial charge in [-0.3, -0.25) is 9.59 Å². The average Bonchev–Trinajstić information content (AvgIpc) is 2.23. The molecular weight excluding hydrogens is 262 g/mol. The maximum atomic E-state index is 12.3. The lowest BCUT2D eigenvalue weighted by atomic mass is 9.85. The van der Waals surface area contributed by atoms with Crippen LogP contribution >= 0.6 is 0 Å². The van der Waals surface area contributed by atoms with Gasteiger partial charge < -0.3 is 19.8 Å². The predicted octanol–water partition coefficient (Wildman–Crippen LogP) is 0.876. The number of amides is 1. The molecule has 0 spiro atoms. The standard InChI is InChI=1S/C14H25NO5/c1-13(2,6-12(18)19)5-11(17)15-7-10(8-16)20-14(3,4)9-15/h10,16H,5-9H2,1-4H3,(H,18,19). The second kappa shape index (κ2) is 6.10. The molecule has 1 heterocycles. The Morgan fingerprint density at radius 2 is 1.95 bits per heavy atom. The summed E-state index contributed by atoms with van der Waals surface area (Å²) in [5, 5.41) is 18.1. The van der Waals surface area contributed by atoms with Crippen molar-refractivity contribution in [3.63, 3.8) is 0 Å². The first kappa shape index (κ1) is 16.9. The zero-order chi connectivity index (χ0) is 15.6.